The molecule has 0 radical (unpaired) electrons. The molecule has 2 atom stereocenters. The van der Waals surface area contributed by atoms with Crippen LogP contribution in [0.15, 0.2) is 33.7 Å². The Hall–Kier alpha value is -2.25. The summed E-state index contributed by atoms with van der Waals surface area (Å²) in [5.74, 6) is 2.93. The molecule has 3 rings (SSSR count). The molecule has 1 aliphatic rings. The van der Waals surface area contributed by atoms with E-state index < -0.39 is 0 Å². The van der Waals surface area contributed by atoms with Gasteiger partial charge >= 0.3 is 0 Å². The van der Waals surface area contributed by atoms with Gasteiger partial charge in [0.1, 0.15) is 5.76 Å². The quantitative estimate of drug-likeness (QED) is 0.522. The van der Waals surface area contributed by atoms with E-state index in [4.69, 9.17) is 13.9 Å². The number of nitrogens with zero attached hydrogens (tertiary/aromatic N) is 2. The fourth-order valence-corrected chi connectivity index (χ4v) is 3.57. The monoisotopic (exact) mass is 402 g/mol. The first kappa shape index (κ1) is 21.5. The van der Waals surface area contributed by atoms with Crippen LogP contribution in [0, 0.1) is 5.92 Å². The van der Waals surface area contributed by atoms with Gasteiger partial charge in [-0.2, -0.15) is 0 Å². The van der Waals surface area contributed by atoms with E-state index in [0.717, 1.165) is 67.8 Å². The molecule has 1 aromatic heterocycles. The molecule has 0 spiro atoms. The van der Waals surface area contributed by atoms with E-state index in [-0.39, 0.29) is 6.04 Å². The number of fused-ring (bicyclic) bond motifs is 1. The van der Waals surface area contributed by atoms with E-state index in [1.807, 2.05) is 25.1 Å². The standard InChI is InChI=1S/C22H34N4O3/c1-5-28-19-8-6-7-18-13-20(29-21(18)19)17(3)25-22(23-4)24-14-16(2)15-26-9-11-27-12-10-26/h6-8,13,16-17H,5,9-12,14-15H2,1-4H3,(H2,23,24,25). The molecule has 2 unspecified atom stereocenters. The summed E-state index contributed by atoms with van der Waals surface area (Å²) >= 11 is 0. The molecule has 2 N–H and O–H groups in total. The molecule has 1 aliphatic heterocycles. The maximum atomic E-state index is 6.10. The van der Waals surface area contributed by atoms with Crippen LogP contribution in [-0.4, -0.2) is 63.9 Å². The highest BCUT2D eigenvalue weighted by Crippen LogP contribution is 2.31. The van der Waals surface area contributed by atoms with Crippen LogP contribution in [0.4, 0.5) is 0 Å². The molecular formula is C22H34N4O3. The average molecular weight is 403 g/mol. The third kappa shape index (κ3) is 5.87. The van der Waals surface area contributed by atoms with Gasteiger partial charge in [0, 0.05) is 38.6 Å². The average Bonchev–Trinajstić information content (AvgIpc) is 3.17. The lowest BCUT2D eigenvalue weighted by atomic mass is 10.1. The lowest BCUT2D eigenvalue weighted by molar-refractivity contribution is 0.0320. The first-order valence-corrected chi connectivity index (χ1v) is 10.5. The molecule has 2 aromatic rings. The van der Waals surface area contributed by atoms with Crippen molar-refractivity contribution < 1.29 is 13.9 Å². The van der Waals surface area contributed by atoms with Gasteiger partial charge in [0.2, 0.25) is 0 Å². The number of benzene rings is 1. The number of hydrogen-bond acceptors (Lipinski definition) is 5. The number of furan rings is 1. The maximum absolute atomic E-state index is 6.10. The highest BCUT2D eigenvalue weighted by Gasteiger charge is 2.17. The van der Waals surface area contributed by atoms with Crippen molar-refractivity contribution >= 4 is 16.9 Å². The summed E-state index contributed by atoms with van der Waals surface area (Å²) in [5.41, 5.74) is 0.792. The molecule has 1 saturated heterocycles. The minimum atomic E-state index is -0.0161. The summed E-state index contributed by atoms with van der Waals surface area (Å²) in [6.45, 7) is 12.5. The number of nitrogens with one attached hydrogen (secondary N) is 2. The van der Waals surface area contributed by atoms with Gasteiger partial charge in [0.15, 0.2) is 17.3 Å². The fraction of sp³-hybridized carbons (Fsp3) is 0.591. The molecule has 1 aromatic carbocycles. The summed E-state index contributed by atoms with van der Waals surface area (Å²) in [5, 5.41) is 7.91. The zero-order valence-corrected chi connectivity index (χ0v) is 18.0. The zero-order chi connectivity index (χ0) is 20.6. The van der Waals surface area contributed by atoms with Gasteiger partial charge in [-0.25, -0.2) is 0 Å². The molecule has 160 valence electrons. The van der Waals surface area contributed by atoms with Gasteiger partial charge in [-0.1, -0.05) is 19.1 Å². The predicted molar refractivity (Wildman–Crippen MR) is 117 cm³/mol. The van der Waals surface area contributed by atoms with Crippen molar-refractivity contribution in [1.82, 2.24) is 15.5 Å². The number of para-hydroxylation sites is 1. The van der Waals surface area contributed by atoms with Gasteiger partial charge in [-0.05, 0) is 31.9 Å². The molecule has 0 saturated carbocycles. The normalized spacial score (nSPS) is 17.9. The van der Waals surface area contributed by atoms with Crippen molar-refractivity contribution in [3.8, 4) is 5.75 Å². The van der Waals surface area contributed by atoms with Crippen LogP contribution < -0.4 is 15.4 Å². The highest BCUT2D eigenvalue weighted by molar-refractivity contribution is 5.84. The second-order valence-corrected chi connectivity index (χ2v) is 7.59. The first-order valence-electron chi connectivity index (χ1n) is 10.5. The van der Waals surface area contributed by atoms with E-state index in [2.05, 4.69) is 40.4 Å². The summed E-state index contributed by atoms with van der Waals surface area (Å²) in [6.07, 6.45) is 0. The van der Waals surface area contributed by atoms with Gasteiger partial charge in [0.25, 0.3) is 0 Å². The number of aliphatic imine (C=N–C) groups is 1. The Balaban J connectivity index is 1.54. The van der Waals surface area contributed by atoms with Crippen LogP contribution in [0.2, 0.25) is 0 Å². The Bertz CT molecular complexity index is 798. The second kappa shape index (κ2) is 10.5. The molecule has 7 heteroatoms. The third-order valence-electron chi connectivity index (χ3n) is 5.12. The van der Waals surface area contributed by atoms with E-state index in [0.29, 0.717) is 12.5 Å². The minimum Gasteiger partial charge on any atom is -0.490 e. The van der Waals surface area contributed by atoms with Gasteiger partial charge in [-0.3, -0.25) is 9.89 Å². The van der Waals surface area contributed by atoms with Crippen molar-refractivity contribution in [2.45, 2.75) is 26.8 Å². The van der Waals surface area contributed by atoms with Crippen molar-refractivity contribution in [2.24, 2.45) is 10.9 Å². The molecule has 1 fully saturated rings. The first-order chi connectivity index (χ1) is 14.1. The molecular weight excluding hydrogens is 368 g/mol. The van der Waals surface area contributed by atoms with Crippen molar-refractivity contribution in [1.29, 1.82) is 0 Å². The van der Waals surface area contributed by atoms with Crippen molar-refractivity contribution in [3.05, 3.63) is 30.0 Å². The maximum Gasteiger partial charge on any atom is 0.191 e. The second-order valence-electron chi connectivity index (χ2n) is 7.59. The Labute approximate surface area is 173 Å². The molecule has 2 heterocycles. The smallest absolute Gasteiger partial charge is 0.191 e. The van der Waals surface area contributed by atoms with E-state index in [1.54, 1.807) is 7.05 Å². The minimum absolute atomic E-state index is 0.0161. The summed E-state index contributed by atoms with van der Waals surface area (Å²) in [6, 6.07) is 8.01. The SMILES string of the molecule is CCOc1cccc2cc(C(C)NC(=NC)NCC(C)CN3CCOCC3)oc12. The van der Waals surface area contributed by atoms with Crippen LogP contribution >= 0.6 is 0 Å². The lowest BCUT2D eigenvalue weighted by Crippen LogP contribution is -2.44. The Kier molecular flexibility index (Phi) is 7.77. The summed E-state index contributed by atoms with van der Waals surface area (Å²) in [7, 11) is 1.79. The van der Waals surface area contributed by atoms with Crippen LogP contribution in [-0.2, 0) is 4.74 Å². The number of morpholine rings is 1. The fourth-order valence-electron chi connectivity index (χ4n) is 3.57. The molecule has 0 aliphatic carbocycles. The van der Waals surface area contributed by atoms with Crippen molar-refractivity contribution in [3.63, 3.8) is 0 Å². The zero-order valence-electron chi connectivity index (χ0n) is 18.0. The molecule has 7 nitrogen and oxygen atoms in total. The molecule has 29 heavy (non-hydrogen) atoms. The van der Waals surface area contributed by atoms with Crippen LogP contribution in [0.5, 0.6) is 5.75 Å². The Morgan fingerprint density at radius 3 is 2.79 bits per heavy atom. The molecule has 0 amide bonds. The van der Waals surface area contributed by atoms with Gasteiger partial charge in [-0.15, -0.1) is 0 Å². The van der Waals surface area contributed by atoms with E-state index in [9.17, 15) is 0 Å². The topological polar surface area (TPSA) is 71.3 Å². The van der Waals surface area contributed by atoms with Gasteiger partial charge in [0.05, 0.1) is 25.9 Å². The number of rotatable bonds is 8. The largest absolute Gasteiger partial charge is 0.490 e. The lowest BCUT2D eigenvalue weighted by Gasteiger charge is -2.29. The summed E-state index contributed by atoms with van der Waals surface area (Å²) in [4.78, 5) is 6.83. The summed E-state index contributed by atoms with van der Waals surface area (Å²) < 4.78 is 17.2. The third-order valence-corrected chi connectivity index (χ3v) is 5.12. The Morgan fingerprint density at radius 2 is 2.07 bits per heavy atom. The highest BCUT2D eigenvalue weighted by atomic mass is 16.5. The van der Waals surface area contributed by atoms with Crippen LogP contribution in [0.1, 0.15) is 32.6 Å². The van der Waals surface area contributed by atoms with Crippen LogP contribution in [0.3, 0.4) is 0 Å². The van der Waals surface area contributed by atoms with E-state index in [1.165, 1.54) is 0 Å². The van der Waals surface area contributed by atoms with E-state index >= 15 is 0 Å². The van der Waals surface area contributed by atoms with Gasteiger partial charge < -0.3 is 24.5 Å². The molecule has 0 bridgehead atoms. The van der Waals surface area contributed by atoms with Crippen molar-refractivity contribution in [2.75, 3.05) is 53.0 Å². The number of guanidine groups is 1. The number of ether oxygens (including phenoxy) is 2. The predicted octanol–water partition coefficient (Wildman–Crippen LogP) is 3.03. The van der Waals surface area contributed by atoms with Crippen LogP contribution in [0.25, 0.3) is 11.0 Å². The number of hydrogen-bond donors (Lipinski definition) is 2. The Morgan fingerprint density at radius 1 is 1.28 bits per heavy atom.